The molecule has 2 N–H and O–H groups in total. The number of aliphatic imine (C=N–C) groups is 1. The Bertz CT molecular complexity index is 427. The third-order valence-corrected chi connectivity index (χ3v) is 2.74. The SMILES string of the molecule is CN=C(NCCCOC)NCc1ncc(C(C)(C)C)o1.I. The minimum Gasteiger partial charge on any atom is -0.443 e. The molecule has 0 radical (unpaired) electrons. The monoisotopic (exact) mass is 410 g/mol. The molecular formula is C14H27IN4O2. The van der Waals surface area contributed by atoms with E-state index in [0.29, 0.717) is 12.4 Å². The summed E-state index contributed by atoms with van der Waals surface area (Å²) in [5.74, 6) is 2.28. The Hall–Kier alpha value is -0.830. The van der Waals surface area contributed by atoms with Crippen LogP contribution in [0.1, 0.15) is 38.8 Å². The molecule has 0 atom stereocenters. The van der Waals surface area contributed by atoms with Crippen LogP contribution in [-0.2, 0) is 16.7 Å². The van der Waals surface area contributed by atoms with Crippen molar-refractivity contribution < 1.29 is 9.15 Å². The molecule has 1 aromatic rings. The minimum atomic E-state index is -0.0225. The normalized spacial score (nSPS) is 12.0. The summed E-state index contributed by atoms with van der Waals surface area (Å²) < 4.78 is 10.7. The van der Waals surface area contributed by atoms with Gasteiger partial charge in [-0.3, -0.25) is 4.99 Å². The maximum Gasteiger partial charge on any atom is 0.213 e. The van der Waals surface area contributed by atoms with Crippen molar-refractivity contribution >= 4 is 29.9 Å². The number of aromatic nitrogens is 1. The van der Waals surface area contributed by atoms with Crippen LogP contribution in [0.15, 0.2) is 15.6 Å². The summed E-state index contributed by atoms with van der Waals surface area (Å²) in [7, 11) is 3.43. The highest BCUT2D eigenvalue weighted by atomic mass is 127. The maximum absolute atomic E-state index is 5.71. The largest absolute Gasteiger partial charge is 0.443 e. The highest BCUT2D eigenvalue weighted by molar-refractivity contribution is 14.0. The molecule has 0 fully saturated rings. The predicted molar refractivity (Wildman–Crippen MR) is 95.3 cm³/mol. The van der Waals surface area contributed by atoms with Gasteiger partial charge in [0.25, 0.3) is 0 Å². The molecule has 0 unspecified atom stereocenters. The summed E-state index contributed by atoms with van der Waals surface area (Å²) in [5.41, 5.74) is -0.0225. The van der Waals surface area contributed by atoms with E-state index in [1.54, 1.807) is 20.4 Å². The van der Waals surface area contributed by atoms with Gasteiger partial charge in [0.05, 0.1) is 12.7 Å². The molecule has 7 heteroatoms. The Morgan fingerprint density at radius 1 is 1.38 bits per heavy atom. The third kappa shape index (κ3) is 7.66. The molecule has 0 amide bonds. The number of nitrogens with zero attached hydrogens (tertiary/aromatic N) is 2. The average Bonchev–Trinajstić information content (AvgIpc) is 2.87. The van der Waals surface area contributed by atoms with Crippen molar-refractivity contribution in [1.29, 1.82) is 0 Å². The molecule has 0 aliphatic rings. The van der Waals surface area contributed by atoms with Gasteiger partial charge in [0.1, 0.15) is 5.76 Å². The summed E-state index contributed by atoms with van der Waals surface area (Å²) in [5, 5.41) is 6.37. The van der Waals surface area contributed by atoms with Crippen LogP contribution in [0.4, 0.5) is 0 Å². The van der Waals surface area contributed by atoms with E-state index in [4.69, 9.17) is 9.15 Å². The van der Waals surface area contributed by atoms with Crippen LogP contribution in [0.3, 0.4) is 0 Å². The zero-order chi connectivity index (χ0) is 15.0. The van der Waals surface area contributed by atoms with E-state index in [1.165, 1.54) is 0 Å². The Morgan fingerprint density at radius 3 is 2.62 bits per heavy atom. The van der Waals surface area contributed by atoms with Gasteiger partial charge in [-0.2, -0.15) is 0 Å². The molecule has 0 aliphatic heterocycles. The molecule has 21 heavy (non-hydrogen) atoms. The van der Waals surface area contributed by atoms with E-state index in [2.05, 4.69) is 41.4 Å². The molecule has 0 aromatic carbocycles. The van der Waals surface area contributed by atoms with Gasteiger partial charge in [0, 0.05) is 32.7 Å². The topological polar surface area (TPSA) is 71.7 Å². The Balaban J connectivity index is 0.00000400. The molecule has 0 saturated heterocycles. The first kappa shape index (κ1) is 20.2. The third-order valence-electron chi connectivity index (χ3n) is 2.74. The summed E-state index contributed by atoms with van der Waals surface area (Å²) in [4.78, 5) is 8.41. The van der Waals surface area contributed by atoms with Gasteiger partial charge in [0.15, 0.2) is 5.96 Å². The quantitative estimate of drug-likeness (QED) is 0.326. The van der Waals surface area contributed by atoms with E-state index in [-0.39, 0.29) is 29.4 Å². The first-order chi connectivity index (χ1) is 9.47. The molecule has 1 aromatic heterocycles. The standard InChI is InChI=1S/C14H26N4O2.HI/c1-14(2,3)11-9-17-12(20-11)10-18-13(15-4)16-7-6-8-19-5;/h9H,6-8,10H2,1-5H3,(H2,15,16,18);1H. The first-order valence-electron chi connectivity index (χ1n) is 6.86. The van der Waals surface area contributed by atoms with Crippen molar-refractivity contribution in [1.82, 2.24) is 15.6 Å². The number of hydrogen-bond acceptors (Lipinski definition) is 4. The highest BCUT2D eigenvalue weighted by Crippen LogP contribution is 2.22. The average molecular weight is 410 g/mol. The van der Waals surface area contributed by atoms with Crippen molar-refractivity contribution in [3.05, 3.63) is 17.8 Å². The molecule has 1 heterocycles. The molecular weight excluding hydrogens is 383 g/mol. The Kier molecular flexibility index (Phi) is 9.60. The van der Waals surface area contributed by atoms with E-state index < -0.39 is 0 Å². The van der Waals surface area contributed by atoms with Gasteiger partial charge < -0.3 is 19.8 Å². The molecule has 6 nitrogen and oxygen atoms in total. The first-order valence-corrected chi connectivity index (χ1v) is 6.86. The second-order valence-corrected chi connectivity index (χ2v) is 5.57. The van der Waals surface area contributed by atoms with Crippen molar-refractivity contribution in [3.8, 4) is 0 Å². The van der Waals surface area contributed by atoms with Crippen LogP contribution in [0.5, 0.6) is 0 Å². The number of methoxy groups -OCH3 is 1. The zero-order valence-electron chi connectivity index (χ0n) is 13.5. The van der Waals surface area contributed by atoms with Gasteiger partial charge >= 0.3 is 0 Å². The van der Waals surface area contributed by atoms with Crippen LogP contribution in [0, 0.1) is 0 Å². The molecule has 0 bridgehead atoms. The van der Waals surface area contributed by atoms with E-state index >= 15 is 0 Å². The van der Waals surface area contributed by atoms with E-state index in [0.717, 1.165) is 31.3 Å². The number of guanidine groups is 1. The number of ether oxygens (including phenoxy) is 1. The fourth-order valence-corrected chi connectivity index (χ4v) is 1.54. The number of rotatable bonds is 6. The molecule has 122 valence electrons. The van der Waals surface area contributed by atoms with Crippen molar-refractivity contribution in [2.75, 3.05) is 27.3 Å². The van der Waals surface area contributed by atoms with Gasteiger partial charge in [0.2, 0.25) is 5.89 Å². The minimum absolute atomic E-state index is 0. The summed E-state index contributed by atoms with van der Waals surface area (Å²) in [6.07, 6.45) is 2.72. The zero-order valence-corrected chi connectivity index (χ0v) is 15.9. The maximum atomic E-state index is 5.71. The van der Waals surface area contributed by atoms with Crippen molar-refractivity contribution in [2.24, 2.45) is 4.99 Å². The number of nitrogens with one attached hydrogen (secondary N) is 2. The van der Waals surface area contributed by atoms with Crippen LogP contribution in [0.25, 0.3) is 0 Å². The predicted octanol–water partition coefficient (Wildman–Crippen LogP) is 2.29. The van der Waals surface area contributed by atoms with E-state index in [9.17, 15) is 0 Å². The Labute approximate surface area is 144 Å². The fraction of sp³-hybridized carbons (Fsp3) is 0.714. The van der Waals surface area contributed by atoms with Crippen molar-refractivity contribution in [2.45, 2.75) is 39.2 Å². The second kappa shape index (κ2) is 9.99. The molecule has 0 spiro atoms. The van der Waals surface area contributed by atoms with Crippen LogP contribution < -0.4 is 10.6 Å². The Morgan fingerprint density at radius 2 is 2.10 bits per heavy atom. The van der Waals surface area contributed by atoms with Gasteiger partial charge in [-0.1, -0.05) is 20.8 Å². The lowest BCUT2D eigenvalue weighted by atomic mass is 9.94. The lowest BCUT2D eigenvalue weighted by Gasteiger charge is -2.13. The van der Waals surface area contributed by atoms with Crippen molar-refractivity contribution in [3.63, 3.8) is 0 Å². The molecule has 1 rings (SSSR count). The smallest absolute Gasteiger partial charge is 0.213 e. The summed E-state index contributed by atoms with van der Waals surface area (Å²) in [6.45, 7) is 8.36. The van der Waals surface area contributed by atoms with E-state index in [1.807, 2.05) is 0 Å². The van der Waals surface area contributed by atoms with Gasteiger partial charge in [-0.05, 0) is 6.42 Å². The second-order valence-electron chi connectivity index (χ2n) is 5.57. The van der Waals surface area contributed by atoms with Crippen LogP contribution in [0.2, 0.25) is 0 Å². The molecule has 0 saturated carbocycles. The summed E-state index contributed by atoms with van der Waals surface area (Å²) in [6, 6.07) is 0. The van der Waals surface area contributed by atoms with Crippen LogP contribution in [-0.4, -0.2) is 38.3 Å². The van der Waals surface area contributed by atoms with Gasteiger partial charge in [-0.25, -0.2) is 4.98 Å². The highest BCUT2D eigenvalue weighted by Gasteiger charge is 2.19. The summed E-state index contributed by atoms with van der Waals surface area (Å²) >= 11 is 0. The molecule has 0 aliphatic carbocycles. The van der Waals surface area contributed by atoms with Gasteiger partial charge in [-0.15, -0.1) is 24.0 Å². The number of hydrogen-bond donors (Lipinski definition) is 2. The van der Waals surface area contributed by atoms with Crippen LogP contribution >= 0.6 is 24.0 Å². The fourth-order valence-electron chi connectivity index (χ4n) is 1.54. The number of halogens is 1. The lowest BCUT2D eigenvalue weighted by molar-refractivity contribution is 0.195. The lowest BCUT2D eigenvalue weighted by Crippen LogP contribution is -2.37. The number of oxazole rings is 1.